The molecule has 0 saturated carbocycles. The Labute approximate surface area is 95.8 Å². The second kappa shape index (κ2) is 9.17. The van der Waals surface area contributed by atoms with Gasteiger partial charge in [0.05, 0.1) is 6.61 Å². The van der Waals surface area contributed by atoms with E-state index in [0.29, 0.717) is 6.04 Å². The highest BCUT2D eigenvalue weighted by molar-refractivity contribution is 4.66. The first-order chi connectivity index (χ1) is 7.07. The molecule has 2 nitrogen and oxygen atoms in total. The van der Waals surface area contributed by atoms with Gasteiger partial charge in [-0.1, -0.05) is 34.1 Å². The number of hydrogen-bond donors (Lipinski definition) is 1. The van der Waals surface area contributed by atoms with Gasteiger partial charge in [-0.25, -0.2) is 0 Å². The Morgan fingerprint density at radius 1 is 1.07 bits per heavy atom. The van der Waals surface area contributed by atoms with Crippen LogP contribution in [0.15, 0.2) is 0 Å². The first-order valence-electron chi connectivity index (χ1n) is 6.39. The Kier molecular flexibility index (Phi) is 9.12. The summed E-state index contributed by atoms with van der Waals surface area (Å²) in [4.78, 5) is 0. The minimum Gasteiger partial charge on any atom is -0.380 e. The summed E-state index contributed by atoms with van der Waals surface area (Å²) in [6, 6.07) is 0.601. The predicted octanol–water partition coefficient (Wildman–Crippen LogP) is 3.07. The molecule has 0 amide bonds. The number of rotatable bonds is 9. The highest BCUT2D eigenvalue weighted by Gasteiger charge is 2.08. The van der Waals surface area contributed by atoms with Crippen LogP contribution in [0.5, 0.6) is 0 Å². The summed E-state index contributed by atoms with van der Waals surface area (Å²) in [7, 11) is 0. The van der Waals surface area contributed by atoms with Crippen molar-refractivity contribution in [2.75, 3.05) is 19.8 Å². The zero-order chi connectivity index (χ0) is 11.7. The van der Waals surface area contributed by atoms with Crippen molar-refractivity contribution in [3.63, 3.8) is 0 Å². The van der Waals surface area contributed by atoms with Gasteiger partial charge in [0.2, 0.25) is 0 Å². The molecular formula is C13H29NO. The van der Waals surface area contributed by atoms with Gasteiger partial charge < -0.3 is 10.1 Å². The highest BCUT2D eigenvalue weighted by atomic mass is 16.5. The van der Waals surface area contributed by atoms with Crippen molar-refractivity contribution in [2.45, 2.75) is 53.5 Å². The zero-order valence-corrected chi connectivity index (χ0v) is 11.2. The third-order valence-electron chi connectivity index (χ3n) is 3.05. The van der Waals surface area contributed by atoms with Crippen molar-refractivity contribution in [2.24, 2.45) is 11.8 Å². The van der Waals surface area contributed by atoms with Crippen molar-refractivity contribution in [3.05, 3.63) is 0 Å². The lowest BCUT2D eigenvalue weighted by Crippen LogP contribution is -2.34. The molecule has 0 heterocycles. The smallest absolute Gasteiger partial charge is 0.0591 e. The molecule has 0 aromatic rings. The van der Waals surface area contributed by atoms with Crippen LogP contribution in [-0.4, -0.2) is 25.8 Å². The van der Waals surface area contributed by atoms with E-state index in [4.69, 9.17) is 4.74 Å². The van der Waals surface area contributed by atoms with Gasteiger partial charge >= 0.3 is 0 Å². The predicted molar refractivity (Wildman–Crippen MR) is 67.2 cm³/mol. The highest BCUT2D eigenvalue weighted by Crippen LogP contribution is 2.05. The van der Waals surface area contributed by atoms with Crippen LogP contribution >= 0.6 is 0 Å². The fraction of sp³-hybridized carbons (Fsp3) is 1.00. The Morgan fingerprint density at radius 3 is 2.27 bits per heavy atom. The van der Waals surface area contributed by atoms with Crippen molar-refractivity contribution < 1.29 is 4.74 Å². The van der Waals surface area contributed by atoms with Crippen LogP contribution in [0, 0.1) is 11.8 Å². The quantitative estimate of drug-likeness (QED) is 0.597. The van der Waals surface area contributed by atoms with Crippen molar-refractivity contribution >= 4 is 0 Å². The fourth-order valence-electron chi connectivity index (χ4n) is 1.33. The number of ether oxygens (including phenoxy) is 1. The SMILES string of the molecule is CCC(C)C(C)NCCOCCC(C)C. The Balaban J connectivity index is 3.23. The normalized spacial score (nSPS) is 15.6. The van der Waals surface area contributed by atoms with Gasteiger partial charge in [0.25, 0.3) is 0 Å². The number of nitrogens with one attached hydrogen (secondary N) is 1. The van der Waals surface area contributed by atoms with E-state index >= 15 is 0 Å². The molecule has 92 valence electrons. The molecule has 2 heteroatoms. The molecule has 0 radical (unpaired) electrons. The van der Waals surface area contributed by atoms with Gasteiger partial charge in [-0.05, 0) is 25.2 Å². The summed E-state index contributed by atoms with van der Waals surface area (Å²) in [6.07, 6.45) is 2.41. The van der Waals surface area contributed by atoms with Crippen molar-refractivity contribution in [3.8, 4) is 0 Å². The monoisotopic (exact) mass is 215 g/mol. The van der Waals surface area contributed by atoms with E-state index in [9.17, 15) is 0 Å². The molecule has 0 bridgehead atoms. The van der Waals surface area contributed by atoms with E-state index in [1.165, 1.54) is 12.8 Å². The maximum absolute atomic E-state index is 5.55. The molecule has 0 spiro atoms. The van der Waals surface area contributed by atoms with Crippen LogP contribution in [0.3, 0.4) is 0 Å². The largest absolute Gasteiger partial charge is 0.380 e. The molecule has 0 fully saturated rings. The molecule has 0 aliphatic rings. The molecule has 2 atom stereocenters. The number of hydrogen-bond acceptors (Lipinski definition) is 2. The summed E-state index contributed by atoms with van der Waals surface area (Å²) in [5.41, 5.74) is 0. The average molecular weight is 215 g/mol. The molecular weight excluding hydrogens is 186 g/mol. The Morgan fingerprint density at radius 2 is 1.73 bits per heavy atom. The standard InChI is InChI=1S/C13H29NO/c1-6-12(4)13(5)14-8-10-15-9-7-11(2)3/h11-14H,6-10H2,1-5H3. The fourth-order valence-corrected chi connectivity index (χ4v) is 1.33. The van der Waals surface area contributed by atoms with Crippen LogP contribution < -0.4 is 5.32 Å². The summed E-state index contributed by atoms with van der Waals surface area (Å²) in [5.74, 6) is 1.50. The van der Waals surface area contributed by atoms with Crippen molar-refractivity contribution in [1.29, 1.82) is 0 Å². The molecule has 0 rings (SSSR count). The van der Waals surface area contributed by atoms with Gasteiger partial charge in [0, 0.05) is 19.2 Å². The molecule has 0 saturated heterocycles. The maximum atomic E-state index is 5.55. The second-order valence-electron chi connectivity index (χ2n) is 4.92. The summed E-state index contributed by atoms with van der Waals surface area (Å²) < 4.78 is 5.55. The summed E-state index contributed by atoms with van der Waals surface area (Å²) >= 11 is 0. The molecule has 1 N–H and O–H groups in total. The molecule has 15 heavy (non-hydrogen) atoms. The molecule has 0 aromatic carbocycles. The van der Waals surface area contributed by atoms with Crippen molar-refractivity contribution in [1.82, 2.24) is 5.32 Å². The second-order valence-corrected chi connectivity index (χ2v) is 4.92. The average Bonchev–Trinajstić information content (AvgIpc) is 2.21. The van der Waals surface area contributed by atoms with Gasteiger partial charge in [-0.2, -0.15) is 0 Å². The topological polar surface area (TPSA) is 21.3 Å². The minimum atomic E-state index is 0.601. The molecule has 0 aromatic heterocycles. The summed E-state index contributed by atoms with van der Waals surface area (Å²) in [5, 5.41) is 3.50. The summed E-state index contributed by atoms with van der Waals surface area (Å²) in [6.45, 7) is 14.0. The van der Waals surface area contributed by atoms with E-state index in [0.717, 1.165) is 31.6 Å². The molecule has 2 unspecified atom stereocenters. The van der Waals surface area contributed by atoms with E-state index < -0.39 is 0 Å². The lowest BCUT2D eigenvalue weighted by atomic mass is 10.0. The van der Waals surface area contributed by atoms with Crippen LogP contribution in [0.1, 0.15) is 47.5 Å². The Hall–Kier alpha value is -0.0800. The minimum absolute atomic E-state index is 0.601. The van der Waals surface area contributed by atoms with Gasteiger partial charge in [-0.3, -0.25) is 0 Å². The van der Waals surface area contributed by atoms with E-state index in [2.05, 4.69) is 39.9 Å². The maximum Gasteiger partial charge on any atom is 0.0591 e. The first kappa shape index (κ1) is 14.9. The lowest BCUT2D eigenvalue weighted by Gasteiger charge is -2.19. The third-order valence-corrected chi connectivity index (χ3v) is 3.05. The first-order valence-corrected chi connectivity index (χ1v) is 6.39. The van der Waals surface area contributed by atoms with Gasteiger partial charge in [0.15, 0.2) is 0 Å². The zero-order valence-electron chi connectivity index (χ0n) is 11.2. The Bertz CT molecular complexity index is 136. The van der Waals surface area contributed by atoms with E-state index in [1.807, 2.05) is 0 Å². The van der Waals surface area contributed by atoms with Crippen LogP contribution in [0.4, 0.5) is 0 Å². The van der Waals surface area contributed by atoms with Crippen LogP contribution in [-0.2, 0) is 4.74 Å². The lowest BCUT2D eigenvalue weighted by molar-refractivity contribution is 0.122. The van der Waals surface area contributed by atoms with Gasteiger partial charge in [0.1, 0.15) is 0 Å². The molecule has 0 aliphatic heterocycles. The molecule has 0 aliphatic carbocycles. The van der Waals surface area contributed by atoms with E-state index in [-0.39, 0.29) is 0 Å². The van der Waals surface area contributed by atoms with Crippen LogP contribution in [0.25, 0.3) is 0 Å². The van der Waals surface area contributed by atoms with Gasteiger partial charge in [-0.15, -0.1) is 0 Å². The van der Waals surface area contributed by atoms with Crippen LogP contribution in [0.2, 0.25) is 0 Å². The third kappa shape index (κ3) is 8.88. The van der Waals surface area contributed by atoms with E-state index in [1.54, 1.807) is 0 Å².